The summed E-state index contributed by atoms with van der Waals surface area (Å²) < 4.78 is 14.1. The van der Waals surface area contributed by atoms with E-state index in [9.17, 15) is 4.57 Å². The van der Waals surface area contributed by atoms with E-state index in [-0.39, 0.29) is 0 Å². The molecule has 0 saturated carbocycles. The van der Waals surface area contributed by atoms with Gasteiger partial charge in [0.1, 0.15) is 0 Å². The average molecular weight is 181 g/mol. The molecule has 0 aromatic rings. The van der Waals surface area contributed by atoms with Gasteiger partial charge in [0.2, 0.25) is 0 Å². The lowest BCUT2D eigenvalue weighted by Gasteiger charge is -2.13. The Morgan fingerprint density at radius 3 is 2.18 bits per heavy atom. The SMILES string of the molecule is NC1(OP(=O)(O)O)N=NN=N1. The summed E-state index contributed by atoms with van der Waals surface area (Å²) in [5.74, 6) is -2.17. The maximum atomic E-state index is 10.2. The Labute approximate surface area is 60.2 Å². The summed E-state index contributed by atoms with van der Waals surface area (Å²) in [7, 11) is -4.71. The van der Waals surface area contributed by atoms with Gasteiger partial charge >= 0.3 is 13.8 Å². The minimum Gasteiger partial charge on any atom is -0.303 e. The van der Waals surface area contributed by atoms with Gasteiger partial charge in [0, 0.05) is 0 Å². The van der Waals surface area contributed by atoms with Crippen molar-refractivity contribution in [1.82, 2.24) is 0 Å². The molecular formula is CH4N5O4P. The average Bonchev–Trinajstić information content (AvgIpc) is 2.09. The van der Waals surface area contributed by atoms with Crippen molar-refractivity contribution in [3.8, 4) is 0 Å². The van der Waals surface area contributed by atoms with E-state index in [1.165, 1.54) is 0 Å². The molecule has 10 heteroatoms. The molecule has 1 rings (SSSR count). The Bertz CT molecular complexity index is 241. The Morgan fingerprint density at radius 1 is 1.36 bits per heavy atom. The van der Waals surface area contributed by atoms with Crippen LogP contribution in [-0.4, -0.2) is 15.8 Å². The van der Waals surface area contributed by atoms with Crippen LogP contribution in [0.5, 0.6) is 0 Å². The quantitative estimate of drug-likeness (QED) is 0.388. The third kappa shape index (κ3) is 2.41. The van der Waals surface area contributed by atoms with Crippen LogP contribution in [0.3, 0.4) is 0 Å². The molecule has 0 radical (unpaired) electrons. The Morgan fingerprint density at radius 2 is 1.82 bits per heavy atom. The summed E-state index contributed by atoms with van der Waals surface area (Å²) in [6.07, 6.45) is 0. The van der Waals surface area contributed by atoms with Crippen LogP contribution in [0.1, 0.15) is 0 Å². The highest BCUT2D eigenvalue weighted by molar-refractivity contribution is 7.46. The lowest BCUT2D eigenvalue weighted by Crippen LogP contribution is -2.35. The van der Waals surface area contributed by atoms with Crippen molar-refractivity contribution < 1.29 is 18.9 Å². The van der Waals surface area contributed by atoms with Crippen molar-refractivity contribution in [2.45, 2.75) is 5.97 Å². The number of hydrogen-bond acceptors (Lipinski definition) is 7. The second kappa shape index (κ2) is 2.40. The van der Waals surface area contributed by atoms with Gasteiger partial charge < -0.3 is 9.79 Å². The van der Waals surface area contributed by atoms with Crippen molar-refractivity contribution in [1.29, 1.82) is 0 Å². The first-order chi connectivity index (χ1) is 4.91. The lowest BCUT2D eigenvalue weighted by molar-refractivity contribution is 0.0517. The summed E-state index contributed by atoms with van der Waals surface area (Å²) in [5, 5.41) is 11.8. The van der Waals surface area contributed by atoms with E-state index in [2.05, 4.69) is 25.2 Å². The summed E-state index contributed by atoms with van der Waals surface area (Å²) in [6.45, 7) is 0. The highest BCUT2D eigenvalue weighted by atomic mass is 31.2. The topological polar surface area (TPSA) is 142 Å². The molecule has 0 saturated heterocycles. The molecule has 0 fully saturated rings. The first-order valence-electron chi connectivity index (χ1n) is 2.31. The maximum absolute atomic E-state index is 10.2. The van der Waals surface area contributed by atoms with E-state index >= 15 is 0 Å². The number of nitrogens with zero attached hydrogens (tertiary/aromatic N) is 4. The van der Waals surface area contributed by atoms with Crippen LogP contribution in [0.15, 0.2) is 20.7 Å². The van der Waals surface area contributed by atoms with E-state index in [1.54, 1.807) is 0 Å². The van der Waals surface area contributed by atoms with Gasteiger partial charge in [-0.25, -0.2) is 9.09 Å². The molecule has 62 valence electrons. The summed E-state index contributed by atoms with van der Waals surface area (Å²) in [5.41, 5.74) is 5.01. The van der Waals surface area contributed by atoms with Crippen LogP contribution >= 0.6 is 7.82 Å². The van der Waals surface area contributed by atoms with Crippen LogP contribution in [0, 0.1) is 0 Å². The number of phosphoric ester groups is 1. The summed E-state index contributed by atoms with van der Waals surface area (Å²) in [4.78, 5) is 16.5. The number of hydrogen-bond donors (Lipinski definition) is 3. The van der Waals surface area contributed by atoms with E-state index in [1.807, 2.05) is 0 Å². The second-order valence-electron chi connectivity index (χ2n) is 1.62. The number of phosphoric acid groups is 1. The predicted molar refractivity (Wildman–Crippen MR) is 29.8 cm³/mol. The van der Waals surface area contributed by atoms with Crippen LogP contribution in [0.4, 0.5) is 0 Å². The largest absolute Gasteiger partial charge is 0.474 e. The van der Waals surface area contributed by atoms with Crippen molar-refractivity contribution in [2.75, 3.05) is 0 Å². The molecule has 1 aliphatic heterocycles. The van der Waals surface area contributed by atoms with Gasteiger partial charge in [-0.15, -0.1) is 0 Å². The summed E-state index contributed by atoms with van der Waals surface area (Å²) in [6, 6.07) is 0. The molecule has 0 amide bonds. The van der Waals surface area contributed by atoms with Crippen LogP contribution in [0.25, 0.3) is 0 Å². The predicted octanol–water partition coefficient (Wildman–Crippen LogP) is -0.501. The standard InChI is InChI=1S/CH4N5O4P/c2-1(3-5-6-4-1)10-11(7,8)9/h2H2,(H2,7,8,9). The Balaban J connectivity index is 2.70. The van der Waals surface area contributed by atoms with Crippen molar-refractivity contribution >= 4 is 7.82 Å². The van der Waals surface area contributed by atoms with E-state index in [0.29, 0.717) is 0 Å². The molecule has 1 heterocycles. The van der Waals surface area contributed by atoms with Gasteiger partial charge in [-0.05, 0) is 10.4 Å². The minimum absolute atomic E-state index is 2.17. The molecule has 0 aromatic carbocycles. The van der Waals surface area contributed by atoms with Gasteiger partial charge in [0.05, 0.1) is 0 Å². The molecule has 0 aliphatic carbocycles. The zero-order chi connectivity index (χ0) is 8.54. The normalized spacial score (nSPS) is 21.0. The van der Waals surface area contributed by atoms with Crippen molar-refractivity contribution in [3.05, 3.63) is 0 Å². The molecule has 11 heavy (non-hydrogen) atoms. The fraction of sp³-hybridized carbons (Fsp3) is 1.00. The van der Waals surface area contributed by atoms with Crippen LogP contribution in [0.2, 0.25) is 0 Å². The van der Waals surface area contributed by atoms with E-state index in [0.717, 1.165) is 0 Å². The van der Waals surface area contributed by atoms with E-state index in [4.69, 9.17) is 15.5 Å². The number of rotatable bonds is 2. The van der Waals surface area contributed by atoms with Gasteiger partial charge in [-0.1, -0.05) is 10.2 Å². The molecule has 0 atom stereocenters. The fourth-order valence-electron chi connectivity index (χ4n) is 0.400. The molecule has 1 aliphatic rings. The Hall–Kier alpha value is -0.730. The smallest absolute Gasteiger partial charge is 0.303 e. The summed E-state index contributed by atoms with van der Waals surface area (Å²) >= 11 is 0. The molecule has 9 nitrogen and oxygen atoms in total. The second-order valence-corrected chi connectivity index (χ2v) is 2.78. The zero-order valence-corrected chi connectivity index (χ0v) is 5.92. The fourth-order valence-corrected chi connectivity index (χ4v) is 0.823. The molecule has 4 N–H and O–H groups in total. The maximum Gasteiger partial charge on any atom is 0.474 e. The third-order valence-corrected chi connectivity index (χ3v) is 1.18. The van der Waals surface area contributed by atoms with Gasteiger partial charge in [0.15, 0.2) is 0 Å². The first-order valence-corrected chi connectivity index (χ1v) is 3.84. The van der Waals surface area contributed by atoms with Crippen molar-refractivity contribution in [2.24, 2.45) is 26.4 Å². The van der Waals surface area contributed by atoms with Crippen LogP contribution in [-0.2, 0) is 9.09 Å². The molecule has 0 bridgehead atoms. The highest BCUT2D eigenvalue weighted by Crippen LogP contribution is 2.41. The molecule has 0 spiro atoms. The van der Waals surface area contributed by atoms with Gasteiger partial charge in [-0.2, -0.15) is 0 Å². The molecule has 0 unspecified atom stereocenters. The lowest BCUT2D eigenvalue weighted by atomic mass is 10.8. The van der Waals surface area contributed by atoms with E-state index < -0.39 is 13.8 Å². The Kier molecular flexibility index (Phi) is 1.82. The van der Waals surface area contributed by atoms with Gasteiger partial charge in [-0.3, -0.25) is 5.73 Å². The van der Waals surface area contributed by atoms with Gasteiger partial charge in [0.25, 0.3) is 0 Å². The monoisotopic (exact) mass is 181 g/mol. The third-order valence-electron chi connectivity index (χ3n) is 0.669. The van der Waals surface area contributed by atoms with Crippen molar-refractivity contribution in [3.63, 3.8) is 0 Å². The molecule has 0 aromatic heterocycles. The zero-order valence-electron chi connectivity index (χ0n) is 5.02. The van der Waals surface area contributed by atoms with Crippen LogP contribution < -0.4 is 5.73 Å². The number of nitrogens with two attached hydrogens (primary N) is 1. The molecular weight excluding hydrogens is 177 g/mol. The highest BCUT2D eigenvalue weighted by Gasteiger charge is 2.37. The first kappa shape index (κ1) is 8.37. The minimum atomic E-state index is -4.71.